The highest BCUT2D eigenvalue weighted by Crippen LogP contribution is 2.20. The van der Waals surface area contributed by atoms with Crippen LogP contribution in [0.4, 0.5) is 0 Å². The Hall–Kier alpha value is -1.68. The molecule has 2 aromatic heterocycles. The number of nitrogens with one attached hydrogen (secondary N) is 2. The number of guanidine groups is 1. The number of methoxy groups -OCH3 is 1. The molecule has 2 aromatic rings. The maximum atomic E-state index is 5.58. The molecule has 1 unspecified atom stereocenters. The van der Waals surface area contributed by atoms with Crippen LogP contribution in [0.25, 0.3) is 5.82 Å². The van der Waals surface area contributed by atoms with E-state index in [1.807, 2.05) is 42.9 Å². The van der Waals surface area contributed by atoms with Crippen LogP contribution in [-0.4, -0.2) is 47.5 Å². The minimum absolute atomic E-state index is 0. The van der Waals surface area contributed by atoms with Crippen molar-refractivity contribution in [2.75, 3.05) is 20.7 Å². The lowest BCUT2D eigenvalue weighted by Crippen LogP contribution is -2.45. The summed E-state index contributed by atoms with van der Waals surface area (Å²) in [5, 5.41) is 11.1. The standard InChI is InChI=1S/C20H32N6O.HI/c1-14-10-15(2)26(25-14)18-9-8-16(11-22-18)12-23-19(21-6)24-13-17(27-7)20(3,4)5;/h8-11,17H,12-13H2,1-7H3,(H2,21,23,24);1H. The number of nitrogens with zero attached hydrogens (tertiary/aromatic N) is 4. The van der Waals surface area contributed by atoms with Crippen molar-refractivity contribution in [3.05, 3.63) is 41.3 Å². The van der Waals surface area contributed by atoms with Gasteiger partial charge in [-0.05, 0) is 37.0 Å². The van der Waals surface area contributed by atoms with E-state index in [1.165, 1.54) is 0 Å². The average molecular weight is 500 g/mol. The van der Waals surface area contributed by atoms with E-state index in [4.69, 9.17) is 4.74 Å². The van der Waals surface area contributed by atoms with Crippen molar-refractivity contribution in [1.29, 1.82) is 0 Å². The Morgan fingerprint density at radius 3 is 2.43 bits per heavy atom. The van der Waals surface area contributed by atoms with Gasteiger partial charge in [0, 0.05) is 39.1 Å². The normalized spacial score (nSPS) is 13.0. The van der Waals surface area contributed by atoms with E-state index < -0.39 is 0 Å². The molecule has 0 radical (unpaired) electrons. The highest BCUT2D eigenvalue weighted by molar-refractivity contribution is 14.0. The van der Waals surface area contributed by atoms with Gasteiger partial charge in [0.2, 0.25) is 0 Å². The second kappa shape index (κ2) is 10.8. The maximum absolute atomic E-state index is 5.58. The third-order valence-corrected chi connectivity index (χ3v) is 4.42. The van der Waals surface area contributed by atoms with Gasteiger partial charge < -0.3 is 15.4 Å². The van der Waals surface area contributed by atoms with Crippen LogP contribution < -0.4 is 10.6 Å². The number of ether oxygens (including phenoxy) is 1. The van der Waals surface area contributed by atoms with Gasteiger partial charge in [-0.15, -0.1) is 24.0 Å². The van der Waals surface area contributed by atoms with Crippen LogP contribution in [0.5, 0.6) is 0 Å². The Bertz CT molecular complexity index is 764. The molecule has 0 fully saturated rings. The minimum Gasteiger partial charge on any atom is -0.379 e. The van der Waals surface area contributed by atoms with E-state index in [0.29, 0.717) is 13.1 Å². The van der Waals surface area contributed by atoms with Crippen molar-refractivity contribution >= 4 is 29.9 Å². The van der Waals surface area contributed by atoms with Gasteiger partial charge in [-0.1, -0.05) is 26.8 Å². The largest absolute Gasteiger partial charge is 0.379 e. The second-order valence-corrected chi connectivity index (χ2v) is 7.76. The number of halogens is 1. The van der Waals surface area contributed by atoms with Crippen LogP contribution in [0.2, 0.25) is 0 Å². The van der Waals surface area contributed by atoms with Gasteiger partial charge in [-0.3, -0.25) is 4.99 Å². The second-order valence-electron chi connectivity index (χ2n) is 7.76. The number of hydrogen-bond acceptors (Lipinski definition) is 4. The number of aryl methyl sites for hydroxylation is 2. The Morgan fingerprint density at radius 2 is 1.96 bits per heavy atom. The lowest BCUT2D eigenvalue weighted by atomic mass is 9.89. The van der Waals surface area contributed by atoms with Gasteiger partial charge in [0.25, 0.3) is 0 Å². The quantitative estimate of drug-likeness (QED) is 0.362. The molecular formula is C20H33IN6O. The van der Waals surface area contributed by atoms with E-state index in [9.17, 15) is 0 Å². The highest BCUT2D eigenvalue weighted by atomic mass is 127. The fraction of sp³-hybridized carbons (Fsp3) is 0.550. The molecule has 156 valence electrons. The number of rotatable bonds is 6. The van der Waals surface area contributed by atoms with E-state index in [-0.39, 0.29) is 35.5 Å². The van der Waals surface area contributed by atoms with Gasteiger partial charge in [0.1, 0.15) is 0 Å². The first-order valence-corrected chi connectivity index (χ1v) is 9.20. The topological polar surface area (TPSA) is 76.4 Å². The fourth-order valence-electron chi connectivity index (χ4n) is 2.85. The van der Waals surface area contributed by atoms with Crippen LogP contribution >= 0.6 is 24.0 Å². The molecule has 0 spiro atoms. The summed E-state index contributed by atoms with van der Waals surface area (Å²) in [5.74, 6) is 1.56. The smallest absolute Gasteiger partial charge is 0.191 e. The molecule has 28 heavy (non-hydrogen) atoms. The Kier molecular flexibility index (Phi) is 9.35. The zero-order chi connectivity index (χ0) is 20.0. The van der Waals surface area contributed by atoms with Gasteiger partial charge in [0.05, 0.1) is 11.8 Å². The molecule has 8 heteroatoms. The van der Waals surface area contributed by atoms with E-state index in [1.54, 1.807) is 14.2 Å². The lowest BCUT2D eigenvalue weighted by molar-refractivity contribution is 0.0205. The summed E-state index contributed by atoms with van der Waals surface area (Å²) in [6.07, 6.45) is 1.96. The summed E-state index contributed by atoms with van der Waals surface area (Å²) in [7, 11) is 3.50. The first-order chi connectivity index (χ1) is 12.7. The monoisotopic (exact) mass is 500 g/mol. The minimum atomic E-state index is 0. The lowest BCUT2D eigenvalue weighted by Gasteiger charge is -2.30. The Labute approximate surface area is 185 Å². The third kappa shape index (κ3) is 6.73. The molecule has 0 aliphatic rings. The van der Waals surface area contributed by atoms with Gasteiger partial charge >= 0.3 is 0 Å². The summed E-state index contributed by atoms with van der Waals surface area (Å²) < 4.78 is 7.43. The molecule has 0 bridgehead atoms. The molecular weight excluding hydrogens is 467 g/mol. The number of aliphatic imine (C=N–C) groups is 1. The number of hydrogen-bond donors (Lipinski definition) is 2. The van der Waals surface area contributed by atoms with Crippen molar-refractivity contribution in [1.82, 2.24) is 25.4 Å². The van der Waals surface area contributed by atoms with Crippen LogP contribution in [-0.2, 0) is 11.3 Å². The molecule has 0 saturated heterocycles. The van der Waals surface area contributed by atoms with Crippen molar-refractivity contribution in [3.8, 4) is 5.82 Å². The zero-order valence-electron chi connectivity index (χ0n) is 17.9. The first-order valence-electron chi connectivity index (χ1n) is 9.20. The van der Waals surface area contributed by atoms with E-state index in [0.717, 1.165) is 28.7 Å². The van der Waals surface area contributed by atoms with Crippen LogP contribution in [0.3, 0.4) is 0 Å². The predicted molar refractivity (Wildman–Crippen MR) is 125 cm³/mol. The molecule has 2 N–H and O–H groups in total. The van der Waals surface area contributed by atoms with E-state index in [2.05, 4.69) is 46.5 Å². The summed E-state index contributed by atoms with van der Waals surface area (Å²) in [4.78, 5) is 8.80. The fourth-order valence-corrected chi connectivity index (χ4v) is 2.85. The third-order valence-electron chi connectivity index (χ3n) is 4.42. The number of pyridine rings is 1. The molecule has 0 amide bonds. The highest BCUT2D eigenvalue weighted by Gasteiger charge is 2.24. The number of aromatic nitrogens is 3. The molecule has 1 atom stereocenters. The summed E-state index contributed by atoms with van der Waals surface area (Å²) in [5.41, 5.74) is 3.19. The first kappa shape index (κ1) is 24.4. The van der Waals surface area contributed by atoms with Crippen molar-refractivity contribution in [2.24, 2.45) is 10.4 Å². The van der Waals surface area contributed by atoms with Gasteiger partial charge in [-0.25, -0.2) is 9.67 Å². The molecule has 2 rings (SSSR count). The summed E-state index contributed by atoms with van der Waals surface area (Å²) in [6.45, 7) is 11.8. The van der Waals surface area contributed by atoms with Crippen LogP contribution in [0.1, 0.15) is 37.7 Å². The van der Waals surface area contributed by atoms with Gasteiger partial charge in [-0.2, -0.15) is 5.10 Å². The molecule has 2 heterocycles. The van der Waals surface area contributed by atoms with Crippen molar-refractivity contribution < 1.29 is 4.74 Å². The van der Waals surface area contributed by atoms with Crippen molar-refractivity contribution in [3.63, 3.8) is 0 Å². The Morgan fingerprint density at radius 1 is 1.25 bits per heavy atom. The molecule has 0 saturated carbocycles. The maximum Gasteiger partial charge on any atom is 0.191 e. The molecule has 0 aliphatic carbocycles. The zero-order valence-corrected chi connectivity index (χ0v) is 20.2. The molecule has 0 aromatic carbocycles. The average Bonchev–Trinajstić information content (AvgIpc) is 2.95. The van der Waals surface area contributed by atoms with Crippen LogP contribution in [0.15, 0.2) is 29.4 Å². The van der Waals surface area contributed by atoms with Crippen molar-refractivity contribution in [2.45, 2.75) is 47.3 Å². The van der Waals surface area contributed by atoms with E-state index >= 15 is 0 Å². The summed E-state index contributed by atoms with van der Waals surface area (Å²) >= 11 is 0. The Balaban J connectivity index is 0.00000392. The molecule has 7 nitrogen and oxygen atoms in total. The SMILES string of the molecule is CN=C(NCc1ccc(-n2nc(C)cc2C)nc1)NCC(OC)C(C)(C)C.I. The van der Waals surface area contributed by atoms with Crippen LogP contribution in [0, 0.1) is 19.3 Å². The predicted octanol–water partition coefficient (Wildman–Crippen LogP) is 3.23. The van der Waals surface area contributed by atoms with Gasteiger partial charge in [0.15, 0.2) is 11.8 Å². The summed E-state index contributed by atoms with van der Waals surface area (Å²) in [6, 6.07) is 6.07. The molecule has 0 aliphatic heterocycles.